The minimum absolute atomic E-state index is 0.124. The van der Waals surface area contributed by atoms with E-state index in [1.165, 1.54) is 6.07 Å². The summed E-state index contributed by atoms with van der Waals surface area (Å²) in [6, 6.07) is 9.93. The van der Waals surface area contributed by atoms with Crippen LogP contribution in [0.5, 0.6) is 0 Å². The van der Waals surface area contributed by atoms with Gasteiger partial charge in [-0.3, -0.25) is 10.4 Å². The van der Waals surface area contributed by atoms with Gasteiger partial charge >= 0.3 is 6.03 Å². The van der Waals surface area contributed by atoms with Crippen LogP contribution in [0.1, 0.15) is 5.69 Å². The molecule has 122 valence electrons. The number of amides is 2. The van der Waals surface area contributed by atoms with E-state index in [9.17, 15) is 9.18 Å². The van der Waals surface area contributed by atoms with E-state index in [1.54, 1.807) is 23.1 Å². The number of nitrogens with zero attached hydrogens (tertiary/aromatic N) is 4. The molecular formula is C16H15FN6O. The van der Waals surface area contributed by atoms with Gasteiger partial charge in [-0.15, -0.1) is 5.10 Å². The first-order chi connectivity index (χ1) is 11.7. The van der Waals surface area contributed by atoms with Crippen molar-refractivity contribution < 1.29 is 9.18 Å². The molecule has 0 atom stereocenters. The highest BCUT2D eigenvalue weighted by atomic mass is 19.1. The zero-order valence-corrected chi connectivity index (χ0v) is 12.7. The highest BCUT2D eigenvalue weighted by molar-refractivity contribution is 5.87. The molecule has 7 nitrogen and oxygen atoms in total. The van der Waals surface area contributed by atoms with Crippen LogP contribution in [0, 0.1) is 5.82 Å². The number of urea groups is 1. The molecule has 0 aliphatic carbocycles. The number of aromatic nitrogens is 4. The van der Waals surface area contributed by atoms with Gasteiger partial charge in [0.15, 0.2) is 5.82 Å². The molecule has 0 unspecified atom stereocenters. The van der Waals surface area contributed by atoms with Crippen LogP contribution in [0.15, 0.2) is 42.6 Å². The van der Waals surface area contributed by atoms with E-state index in [0.29, 0.717) is 18.7 Å². The van der Waals surface area contributed by atoms with Gasteiger partial charge < -0.3 is 9.47 Å². The number of carbonyl (C=O) groups excluding carboxylic acids is 1. The van der Waals surface area contributed by atoms with E-state index in [0.717, 1.165) is 12.2 Å². The zero-order valence-electron chi connectivity index (χ0n) is 12.7. The lowest BCUT2D eigenvalue weighted by molar-refractivity contribution is 0.197. The maximum Gasteiger partial charge on any atom is 0.324 e. The molecule has 1 aliphatic heterocycles. The van der Waals surface area contributed by atoms with Crippen molar-refractivity contribution in [3.8, 4) is 11.4 Å². The first-order valence-electron chi connectivity index (χ1n) is 7.58. The number of carbonyl (C=O) groups is 1. The fraction of sp³-hybridized carbons (Fsp3) is 0.188. The molecule has 0 bridgehead atoms. The molecule has 2 aromatic heterocycles. The lowest BCUT2D eigenvalue weighted by Gasteiger charge is -2.28. The second kappa shape index (κ2) is 5.80. The summed E-state index contributed by atoms with van der Waals surface area (Å²) in [4.78, 5) is 18.2. The summed E-state index contributed by atoms with van der Waals surface area (Å²) < 4.78 is 15.9. The third-order valence-corrected chi connectivity index (χ3v) is 4.01. The molecule has 3 heterocycles. The second-order valence-corrected chi connectivity index (χ2v) is 5.53. The monoisotopic (exact) mass is 326 g/mol. The smallest absolute Gasteiger partial charge is 0.324 e. The van der Waals surface area contributed by atoms with Gasteiger partial charge in [-0.2, -0.15) is 4.98 Å². The standard InChI is InChI=1S/C16H15FN6O/c17-13-6-2-1-5-12(13)14-18-15(21-20-14)19-16(24)23-9-8-22-7-3-4-11(22)10-23/h1-7H,8-10H2,(H2,18,19,20,21,24). The summed E-state index contributed by atoms with van der Waals surface area (Å²) in [7, 11) is 0. The van der Waals surface area contributed by atoms with Crippen LogP contribution in [-0.2, 0) is 13.1 Å². The molecule has 8 heteroatoms. The Morgan fingerprint density at radius 1 is 1.21 bits per heavy atom. The van der Waals surface area contributed by atoms with Gasteiger partial charge in [0, 0.05) is 25.0 Å². The van der Waals surface area contributed by atoms with Crippen molar-refractivity contribution in [3.05, 3.63) is 54.1 Å². The molecule has 0 fully saturated rings. The molecule has 0 spiro atoms. The number of benzene rings is 1. The average molecular weight is 326 g/mol. The number of halogens is 1. The summed E-state index contributed by atoms with van der Waals surface area (Å²) in [5.41, 5.74) is 1.39. The maximum atomic E-state index is 13.8. The number of hydrogen-bond acceptors (Lipinski definition) is 3. The van der Waals surface area contributed by atoms with Crippen molar-refractivity contribution in [3.63, 3.8) is 0 Å². The molecule has 2 N–H and O–H groups in total. The Bertz CT molecular complexity index is 886. The lowest BCUT2D eigenvalue weighted by atomic mass is 10.2. The average Bonchev–Trinajstić information content (AvgIpc) is 3.23. The summed E-state index contributed by atoms with van der Waals surface area (Å²) in [6.07, 6.45) is 2.00. The molecule has 0 saturated carbocycles. The van der Waals surface area contributed by atoms with Crippen LogP contribution in [0.3, 0.4) is 0 Å². The Labute approximate surface area is 137 Å². The Hall–Kier alpha value is -3.16. The van der Waals surface area contributed by atoms with Gasteiger partial charge in [0.2, 0.25) is 5.95 Å². The fourth-order valence-corrected chi connectivity index (χ4v) is 2.75. The number of H-pyrrole nitrogens is 1. The van der Waals surface area contributed by atoms with E-state index in [-0.39, 0.29) is 17.8 Å². The molecule has 24 heavy (non-hydrogen) atoms. The molecule has 0 radical (unpaired) electrons. The highest BCUT2D eigenvalue weighted by Crippen LogP contribution is 2.20. The maximum absolute atomic E-state index is 13.8. The molecule has 3 aromatic rings. The van der Waals surface area contributed by atoms with Gasteiger partial charge in [0.25, 0.3) is 0 Å². The Morgan fingerprint density at radius 3 is 2.96 bits per heavy atom. The van der Waals surface area contributed by atoms with Crippen LogP contribution in [-0.4, -0.2) is 37.2 Å². The van der Waals surface area contributed by atoms with E-state index in [4.69, 9.17) is 0 Å². The normalized spacial score (nSPS) is 13.6. The predicted octanol–water partition coefficient (Wildman–Crippen LogP) is 2.46. The fourth-order valence-electron chi connectivity index (χ4n) is 2.75. The van der Waals surface area contributed by atoms with Crippen molar-refractivity contribution in [2.45, 2.75) is 13.1 Å². The molecule has 0 saturated heterocycles. The van der Waals surface area contributed by atoms with E-state index >= 15 is 0 Å². The van der Waals surface area contributed by atoms with Crippen LogP contribution in [0.2, 0.25) is 0 Å². The molecule has 1 aliphatic rings. The Balaban J connectivity index is 1.47. The highest BCUT2D eigenvalue weighted by Gasteiger charge is 2.21. The van der Waals surface area contributed by atoms with Crippen molar-refractivity contribution >= 4 is 12.0 Å². The number of anilines is 1. The lowest BCUT2D eigenvalue weighted by Crippen LogP contribution is -2.40. The molecule has 2 amide bonds. The van der Waals surface area contributed by atoms with Crippen LogP contribution < -0.4 is 5.32 Å². The first kappa shape index (κ1) is 14.4. The predicted molar refractivity (Wildman–Crippen MR) is 85.6 cm³/mol. The SMILES string of the molecule is O=C(Nc1n[nH]c(-c2ccccc2F)n1)N1CCn2cccc2C1. The number of fused-ring (bicyclic) bond motifs is 1. The van der Waals surface area contributed by atoms with Crippen LogP contribution >= 0.6 is 0 Å². The largest absolute Gasteiger partial charge is 0.348 e. The second-order valence-electron chi connectivity index (χ2n) is 5.53. The van der Waals surface area contributed by atoms with Gasteiger partial charge in [0.1, 0.15) is 5.82 Å². The van der Waals surface area contributed by atoms with Crippen molar-refractivity contribution in [2.75, 3.05) is 11.9 Å². The van der Waals surface area contributed by atoms with Gasteiger partial charge in [0.05, 0.1) is 12.1 Å². The third kappa shape index (κ3) is 2.62. The quantitative estimate of drug-likeness (QED) is 0.759. The van der Waals surface area contributed by atoms with Gasteiger partial charge in [-0.05, 0) is 24.3 Å². The molecule has 4 rings (SSSR count). The number of hydrogen-bond donors (Lipinski definition) is 2. The van der Waals surface area contributed by atoms with Crippen molar-refractivity contribution in [2.24, 2.45) is 0 Å². The van der Waals surface area contributed by atoms with Gasteiger partial charge in [-0.1, -0.05) is 12.1 Å². The van der Waals surface area contributed by atoms with E-state index in [1.807, 2.05) is 18.3 Å². The molecular weight excluding hydrogens is 311 g/mol. The summed E-state index contributed by atoms with van der Waals surface area (Å²) in [6.45, 7) is 1.89. The first-order valence-corrected chi connectivity index (χ1v) is 7.58. The van der Waals surface area contributed by atoms with Crippen molar-refractivity contribution in [1.29, 1.82) is 0 Å². The minimum Gasteiger partial charge on any atom is -0.348 e. The number of nitrogens with one attached hydrogen (secondary N) is 2. The van der Waals surface area contributed by atoms with E-state index in [2.05, 4.69) is 25.1 Å². The molecule has 1 aromatic carbocycles. The number of aromatic amines is 1. The van der Waals surface area contributed by atoms with Crippen LogP contribution in [0.4, 0.5) is 15.1 Å². The van der Waals surface area contributed by atoms with E-state index < -0.39 is 5.82 Å². The Kier molecular flexibility index (Phi) is 3.49. The topological polar surface area (TPSA) is 78.8 Å². The number of rotatable bonds is 2. The Morgan fingerprint density at radius 2 is 2.08 bits per heavy atom. The summed E-state index contributed by atoms with van der Waals surface area (Å²) in [5.74, 6) is -0.00144. The van der Waals surface area contributed by atoms with Crippen molar-refractivity contribution in [1.82, 2.24) is 24.6 Å². The van der Waals surface area contributed by atoms with Crippen LogP contribution in [0.25, 0.3) is 11.4 Å². The van der Waals surface area contributed by atoms with Gasteiger partial charge in [-0.25, -0.2) is 9.18 Å². The third-order valence-electron chi connectivity index (χ3n) is 4.01. The summed E-state index contributed by atoms with van der Waals surface area (Å²) in [5, 5.41) is 9.23. The minimum atomic E-state index is -0.400. The summed E-state index contributed by atoms with van der Waals surface area (Å²) >= 11 is 0. The zero-order chi connectivity index (χ0) is 16.5.